The second-order valence-electron chi connectivity index (χ2n) is 3.38. The van der Waals surface area contributed by atoms with Crippen molar-refractivity contribution in [1.82, 2.24) is 20.2 Å². The number of benzene rings is 1. The topological polar surface area (TPSA) is 52.8 Å². The molecule has 0 aliphatic heterocycles. The summed E-state index contributed by atoms with van der Waals surface area (Å²) >= 11 is 11.9. The first kappa shape index (κ1) is 12.1. The largest absolute Gasteiger partial charge is 0.495 e. The van der Waals surface area contributed by atoms with E-state index in [1.165, 1.54) is 0 Å². The van der Waals surface area contributed by atoms with Crippen molar-refractivity contribution < 1.29 is 4.74 Å². The van der Waals surface area contributed by atoms with Gasteiger partial charge in [0.15, 0.2) is 5.82 Å². The van der Waals surface area contributed by atoms with Gasteiger partial charge in [-0.1, -0.05) is 11.6 Å². The van der Waals surface area contributed by atoms with Gasteiger partial charge in [-0.2, -0.15) is 4.68 Å². The number of ether oxygens (including phenoxy) is 1. The smallest absolute Gasteiger partial charge is 0.174 e. The van der Waals surface area contributed by atoms with Gasteiger partial charge in [0.2, 0.25) is 0 Å². The lowest BCUT2D eigenvalue weighted by atomic mass is 10.3. The Balaban J connectivity index is 2.49. The van der Waals surface area contributed by atoms with Crippen LogP contribution in [-0.4, -0.2) is 27.3 Å². The molecule has 0 fully saturated rings. The SMILES string of the molecule is COc1cc(-n2nnnc2C(C)Cl)ccc1Cl. The van der Waals surface area contributed by atoms with E-state index in [4.69, 9.17) is 27.9 Å². The highest BCUT2D eigenvalue weighted by molar-refractivity contribution is 6.32. The van der Waals surface area contributed by atoms with Crippen molar-refractivity contribution in [3.8, 4) is 11.4 Å². The van der Waals surface area contributed by atoms with E-state index in [1.54, 1.807) is 36.9 Å². The highest BCUT2D eigenvalue weighted by atomic mass is 35.5. The second kappa shape index (κ2) is 4.89. The molecule has 0 aliphatic carbocycles. The summed E-state index contributed by atoms with van der Waals surface area (Å²) in [4.78, 5) is 0. The minimum Gasteiger partial charge on any atom is -0.495 e. The van der Waals surface area contributed by atoms with Gasteiger partial charge in [-0.3, -0.25) is 0 Å². The number of aromatic nitrogens is 4. The molecule has 0 amide bonds. The number of alkyl halides is 1. The summed E-state index contributed by atoms with van der Waals surface area (Å²) in [6.07, 6.45) is 0. The normalized spacial score (nSPS) is 12.5. The Labute approximate surface area is 108 Å². The molecule has 1 unspecified atom stereocenters. The van der Waals surface area contributed by atoms with Gasteiger partial charge in [0.05, 0.1) is 23.2 Å². The van der Waals surface area contributed by atoms with E-state index >= 15 is 0 Å². The molecular formula is C10H10Cl2N4O. The van der Waals surface area contributed by atoms with Crippen LogP contribution in [-0.2, 0) is 0 Å². The summed E-state index contributed by atoms with van der Waals surface area (Å²) in [5.74, 6) is 1.13. The third kappa shape index (κ3) is 2.35. The maximum atomic E-state index is 5.98. The van der Waals surface area contributed by atoms with Crippen molar-refractivity contribution in [3.63, 3.8) is 0 Å². The maximum Gasteiger partial charge on any atom is 0.174 e. The lowest BCUT2D eigenvalue weighted by molar-refractivity contribution is 0.414. The highest BCUT2D eigenvalue weighted by Gasteiger charge is 2.14. The molecule has 0 radical (unpaired) electrons. The lowest BCUT2D eigenvalue weighted by Crippen LogP contribution is -2.04. The van der Waals surface area contributed by atoms with Gasteiger partial charge in [0, 0.05) is 6.07 Å². The molecule has 1 aromatic heterocycles. The lowest BCUT2D eigenvalue weighted by Gasteiger charge is -2.08. The molecule has 2 aromatic rings. The number of hydrogen-bond donors (Lipinski definition) is 0. The van der Waals surface area contributed by atoms with E-state index in [0.717, 1.165) is 5.69 Å². The quantitative estimate of drug-likeness (QED) is 0.807. The molecule has 0 saturated heterocycles. The van der Waals surface area contributed by atoms with Gasteiger partial charge < -0.3 is 4.74 Å². The van der Waals surface area contributed by atoms with Crippen LogP contribution in [0.25, 0.3) is 5.69 Å². The Kier molecular flexibility index (Phi) is 3.49. The summed E-state index contributed by atoms with van der Waals surface area (Å²) in [7, 11) is 1.55. The number of rotatable bonds is 3. The van der Waals surface area contributed by atoms with Crippen molar-refractivity contribution >= 4 is 23.2 Å². The van der Waals surface area contributed by atoms with Gasteiger partial charge in [-0.25, -0.2) is 0 Å². The van der Waals surface area contributed by atoms with Crippen LogP contribution in [0.5, 0.6) is 5.75 Å². The number of methoxy groups -OCH3 is 1. The number of halogens is 2. The molecule has 1 atom stereocenters. The fourth-order valence-corrected chi connectivity index (χ4v) is 1.74. The van der Waals surface area contributed by atoms with Gasteiger partial charge in [0.1, 0.15) is 5.75 Å². The Hall–Kier alpha value is -1.33. The first-order valence-electron chi connectivity index (χ1n) is 4.89. The van der Waals surface area contributed by atoms with Crippen LogP contribution in [0.4, 0.5) is 0 Å². The molecule has 0 bridgehead atoms. The summed E-state index contributed by atoms with van der Waals surface area (Å²) in [6.45, 7) is 1.80. The standard InChI is InChI=1S/C10H10Cl2N4O/c1-6(11)10-13-14-15-16(10)7-3-4-8(12)9(5-7)17-2/h3-6H,1-2H3. The molecule has 0 spiro atoms. The third-order valence-electron chi connectivity index (χ3n) is 2.23. The minimum atomic E-state index is -0.285. The Morgan fingerprint density at radius 3 is 2.82 bits per heavy atom. The zero-order chi connectivity index (χ0) is 12.4. The first-order chi connectivity index (χ1) is 8.13. The molecule has 90 valence electrons. The van der Waals surface area contributed by atoms with E-state index in [0.29, 0.717) is 16.6 Å². The first-order valence-corrected chi connectivity index (χ1v) is 5.71. The van der Waals surface area contributed by atoms with Crippen LogP contribution in [0.1, 0.15) is 18.1 Å². The number of nitrogens with zero attached hydrogens (tertiary/aromatic N) is 4. The summed E-state index contributed by atoms with van der Waals surface area (Å²) in [6, 6.07) is 5.27. The summed E-state index contributed by atoms with van der Waals surface area (Å²) < 4.78 is 6.69. The van der Waals surface area contributed by atoms with Crippen LogP contribution in [0.2, 0.25) is 5.02 Å². The minimum absolute atomic E-state index is 0.285. The van der Waals surface area contributed by atoms with Gasteiger partial charge in [0.25, 0.3) is 0 Å². The molecule has 1 aromatic carbocycles. The van der Waals surface area contributed by atoms with E-state index < -0.39 is 0 Å². The van der Waals surface area contributed by atoms with Gasteiger partial charge in [-0.05, 0) is 29.5 Å². The molecule has 1 heterocycles. The Morgan fingerprint density at radius 1 is 1.41 bits per heavy atom. The zero-order valence-corrected chi connectivity index (χ0v) is 10.8. The van der Waals surface area contributed by atoms with Crippen molar-refractivity contribution in [3.05, 3.63) is 29.0 Å². The van der Waals surface area contributed by atoms with Gasteiger partial charge >= 0.3 is 0 Å². The molecule has 2 rings (SSSR count). The van der Waals surface area contributed by atoms with Crippen LogP contribution in [0.3, 0.4) is 0 Å². The second-order valence-corrected chi connectivity index (χ2v) is 4.45. The monoisotopic (exact) mass is 272 g/mol. The van der Waals surface area contributed by atoms with E-state index in [1.807, 2.05) is 0 Å². The Morgan fingerprint density at radius 2 is 2.18 bits per heavy atom. The van der Waals surface area contributed by atoms with Crippen LogP contribution >= 0.6 is 23.2 Å². The molecule has 17 heavy (non-hydrogen) atoms. The fourth-order valence-electron chi connectivity index (χ4n) is 1.41. The molecule has 0 N–H and O–H groups in total. The van der Waals surface area contributed by atoms with Crippen molar-refractivity contribution in [1.29, 1.82) is 0 Å². The maximum absolute atomic E-state index is 5.98. The van der Waals surface area contributed by atoms with E-state index in [-0.39, 0.29) is 5.38 Å². The van der Waals surface area contributed by atoms with Crippen LogP contribution in [0, 0.1) is 0 Å². The van der Waals surface area contributed by atoms with Crippen LogP contribution < -0.4 is 4.74 Å². The van der Waals surface area contributed by atoms with Crippen LogP contribution in [0.15, 0.2) is 18.2 Å². The molecule has 5 nitrogen and oxygen atoms in total. The van der Waals surface area contributed by atoms with E-state index in [9.17, 15) is 0 Å². The van der Waals surface area contributed by atoms with Crippen molar-refractivity contribution in [2.45, 2.75) is 12.3 Å². The highest BCUT2D eigenvalue weighted by Crippen LogP contribution is 2.27. The average molecular weight is 273 g/mol. The fraction of sp³-hybridized carbons (Fsp3) is 0.300. The molecule has 7 heteroatoms. The Bertz CT molecular complexity index is 527. The number of tetrazole rings is 1. The third-order valence-corrected chi connectivity index (χ3v) is 2.74. The zero-order valence-electron chi connectivity index (χ0n) is 9.26. The number of hydrogen-bond acceptors (Lipinski definition) is 4. The van der Waals surface area contributed by atoms with Gasteiger partial charge in [-0.15, -0.1) is 16.7 Å². The molecular weight excluding hydrogens is 263 g/mol. The van der Waals surface area contributed by atoms with Crippen molar-refractivity contribution in [2.75, 3.05) is 7.11 Å². The average Bonchev–Trinajstić information content (AvgIpc) is 2.78. The molecule has 0 saturated carbocycles. The summed E-state index contributed by atoms with van der Waals surface area (Å²) in [5, 5.41) is 11.6. The molecule has 0 aliphatic rings. The predicted molar refractivity (Wildman–Crippen MR) is 65.0 cm³/mol. The predicted octanol–water partition coefficient (Wildman–Crippen LogP) is 2.62. The van der Waals surface area contributed by atoms with E-state index in [2.05, 4.69) is 15.5 Å². The van der Waals surface area contributed by atoms with Crippen molar-refractivity contribution in [2.24, 2.45) is 0 Å². The summed E-state index contributed by atoms with van der Waals surface area (Å²) in [5.41, 5.74) is 0.749.